The number of amides is 2. The van der Waals surface area contributed by atoms with Gasteiger partial charge in [0.15, 0.2) is 0 Å². The summed E-state index contributed by atoms with van der Waals surface area (Å²) in [5, 5.41) is 0. The van der Waals surface area contributed by atoms with Crippen LogP contribution in [0.2, 0.25) is 0 Å². The van der Waals surface area contributed by atoms with Gasteiger partial charge >= 0.3 is 0 Å². The third-order valence-electron chi connectivity index (χ3n) is 5.13. The highest BCUT2D eigenvalue weighted by atomic mass is 32.2. The second-order valence-electron chi connectivity index (χ2n) is 7.27. The Labute approximate surface area is 171 Å². The molecule has 3 N–H and O–H groups in total. The number of nitrogens with two attached hydrogens (primary N) is 1. The van der Waals surface area contributed by atoms with Gasteiger partial charge in [0.1, 0.15) is 0 Å². The standard InChI is InChI=1S/C21H25N3O4S/c1-15(16-7-3-2-4-8-16)23-29(27,28)19-11-5-9-17(13-19)21(26)24-12-6-10-18(14-24)20(22)25/h2-5,7-9,11,13,15,18,23H,6,10,12,14H2,1H3,(H2,22,25)/t15-,18+/m1/s1. The zero-order valence-electron chi connectivity index (χ0n) is 16.2. The van der Waals surface area contributed by atoms with Gasteiger partial charge in [-0.15, -0.1) is 0 Å². The Hall–Kier alpha value is -2.71. The molecular formula is C21H25N3O4S. The summed E-state index contributed by atoms with van der Waals surface area (Å²) in [6, 6.07) is 14.8. The lowest BCUT2D eigenvalue weighted by molar-refractivity contribution is -0.123. The van der Waals surface area contributed by atoms with Crippen LogP contribution in [-0.2, 0) is 14.8 Å². The maximum absolute atomic E-state index is 12.8. The maximum Gasteiger partial charge on any atom is 0.253 e. The molecule has 2 atom stereocenters. The molecule has 1 aliphatic heterocycles. The Kier molecular flexibility index (Phi) is 6.34. The van der Waals surface area contributed by atoms with E-state index >= 15 is 0 Å². The molecule has 8 heteroatoms. The third kappa shape index (κ3) is 5.02. The minimum Gasteiger partial charge on any atom is -0.369 e. The lowest BCUT2D eigenvalue weighted by atomic mass is 9.97. The summed E-state index contributed by atoms with van der Waals surface area (Å²) in [7, 11) is -3.81. The van der Waals surface area contributed by atoms with E-state index in [9.17, 15) is 18.0 Å². The van der Waals surface area contributed by atoms with E-state index in [1.54, 1.807) is 24.0 Å². The molecule has 0 spiro atoms. The normalized spacial score (nSPS) is 18.2. The number of primary amides is 1. The molecule has 29 heavy (non-hydrogen) atoms. The van der Waals surface area contributed by atoms with Gasteiger partial charge in [-0.1, -0.05) is 36.4 Å². The maximum atomic E-state index is 12.8. The molecule has 7 nitrogen and oxygen atoms in total. The van der Waals surface area contributed by atoms with Crippen LogP contribution < -0.4 is 10.5 Å². The van der Waals surface area contributed by atoms with E-state index < -0.39 is 22.0 Å². The monoisotopic (exact) mass is 415 g/mol. The molecule has 0 unspecified atom stereocenters. The number of benzene rings is 2. The van der Waals surface area contributed by atoms with Crippen LogP contribution in [0, 0.1) is 5.92 Å². The minimum absolute atomic E-state index is 0.0228. The Bertz CT molecular complexity index is 992. The van der Waals surface area contributed by atoms with Crippen molar-refractivity contribution in [2.24, 2.45) is 11.7 Å². The summed E-state index contributed by atoms with van der Waals surface area (Å²) in [6.45, 7) is 2.54. The van der Waals surface area contributed by atoms with Gasteiger partial charge in [0.2, 0.25) is 15.9 Å². The predicted molar refractivity (Wildman–Crippen MR) is 109 cm³/mol. The number of hydrogen-bond acceptors (Lipinski definition) is 4. The van der Waals surface area contributed by atoms with Crippen LogP contribution in [0.1, 0.15) is 41.7 Å². The van der Waals surface area contributed by atoms with Gasteiger partial charge in [-0.3, -0.25) is 9.59 Å². The number of likely N-dealkylation sites (tertiary alicyclic amines) is 1. The van der Waals surface area contributed by atoms with E-state index in [-0.39, 0.29) is 28.8 Å². The van der Waals surface area contributed by atoms with Crippen molar-refractivity contribution in [2.45, 2.75) is 30.7 Å². The molecule has 0 radical (unpaired) electrons. The summed E-state index contributed by atoms with van der Waals surface area (Å²) in [6.07, 6.45) is 1.35. The molecule has 0 saturated carbocycles. The number of rotatable bonds is 6. The smallest absolute Gasteiger partial charge is 0.253 e. The highest BCUT2D eigenvalue weighted by Gasteiger charge is 2.28. The molecule has 3 rings (SSSR count). The third-order valence-corrected chi connectivity index (χ3v) is 6.67. The number of piperidine rings is 1. The fourth-order valence-electron chi connectivity index (χ4n) is 3.48. The second-order valence-corrected chi connectivity index (χ2v) is 8.99. The van der Waals surface area contributed by atoms with E-state index in [0.717, 1.165) is 5.56 Å². The largest absolute Gasteiger partial charge is 0.369 e. The highest BCUT2D eigenvalue weighted by Crippen LogP contribution is 2.21. The number of nitrogens with zero attached hydrogens (tertiary/aromatic N) is 1. The topological polar surface area (TPSA) is 110 Å². The number of carbonyl (C=O) groups excluding carboxylic acids is 2. The lowest BCUT2D eigenvalue weighted by Gasteiger charge is -2.31. The molecule has 2 aromatic carbocycles. The summed E-state index contributed by atoms with van der Waals surface area (Å²) in [4.78, 5) is 25.9. The van der Waals surface area contributed by atoms with Crippen LogP contribution in [-0.4, -0.2) is 38.2 Å². The number of hydrogen-bond donors (Lipinski definition) is 2. The van der Waals surface area contributed by atoms with Crippen LogP contribution in [0.15, 0.2) is 59.5 Å². The first-order chi connectivity index (χ1) is 13.8. The Balaban J connectivity index is 1.77. The van der Waals surface area contributed by atoms with Gasteiger partial charge < -0.3 is 10.6 Å². The number of carbonyl (C=O) groups is 2. The van der Waals surface area contributed by atoms with Crippen molar-refractivity contribution < 1.29 is 18.0 Å². The van der Waals surface area contributed by atoms with E-state index in [4.69, 9.17) is 5.73 Å². The van der Waals surface area contributed by atoms with Crippen molar-refractivity contribution in [3.8, 4) is 0 Å². The highest BCUT2D eigenvalue weighted by molar-refractivity contribution is 7.89. The number of nitrogens with one attached hydrogen (secondary N) is 1. The van der Waals surface area contributed by atoms with Gasteiger partial charge in [-0.2, -0.15) is 0 Å². The first-order valence-corrected chi connectivity index (χ1v) is 11.0. The minimum atomic E-state index is -3.81. The van der Waals surface area contributed by atoms with Crippen LogP contribution in [0.5, 0.6) is 0 Å². The molecule has 154 valence electrons. The van der Waals surface area contributed by atoms with Crippen molar-refractivity contribution in [1.29, 1.82) is 0 Å². The van der Waals surface area contributed by atoms with Gasteiger partial charge in [0.25, 0.3) is 5.91 Å². The van der Waals surface area contributed by atoms with Gasteiger partial charge in [-0.05, 0) is 43.5 Å². The summed E-state index contributed by atoms with van der Waals surface area (Å²) >= 11 is 0. The molecule has 2 aromatic rings. The average Bonchev–Trinajstić information content (AvgIpc) is 2.73. The molecule has 1 heterocycles. The zero-order chi connectivity index (χ0) is 21.0. The van der Waals surface area contributed by atoms with Crippen molar-refractivity contribution in [3.05, 3.63) is 65.7 Å². The van der Waals surface area contributed by atoms with Gasteiger partial charge in [0, 0.05) is 24.7 Å². The van der Waals surface area contributed by atoms with Crippen molar-refractivity contribution in [1.82, 2.24) is 9.62 Å². The number of sulfonamides is 1. The molecule has 0 aliphatic carbocycles. The van der Waals surface area contributed by atoms with Crippen molar-refractivity contribution >= 4 is 21.8 Å². The predicted octanol–water partition coefficient (Wildman–Crippen LogP) is 2.06. The molecule has 1 aliphatic rings. The Morgan fingerprint density at radius 2 is 1.86 bits per heavy atom. The zero-order valence-corrected chi connectivity index (χ0v) is 17.1. The van der Waals surface area contributed by atoms with Crippen molar-refractivity contribution in [2.75, 3.05) is 13.1 Å². The van der Waals surface area contributed by atoms with Crippen molar-refractivity contribution in [3.63, 3.8) is 0 Å². The molecule has 1 fully saturated rings. The van der Waals surface area contributed by atoms with E-state index in [2.05, 4.69) is 4.72 Å². The summed E-state index contributed by atoms with van der Waals surface area (Å²) < 4.78 is 28.3. The second kappa shape index (κ2) is 8.75. The van der Waals surface area contributed by atoms with Crippen LogP contribution in [0.25, 0.3) is 0 Å². The van der Waals surface area contributed by atoms with Crippen LogP contribution >= 0.6 is 0 Å². The molecule has 0 bridgehead atoms. The Morgan fingerprint density at radius 1 is 1.14 bits per heavy atom. The quantitative estimate of drug-likeness (QED) is 0.752. The SMILES string of the molecule is C[C@@H](NS(=O)(=O)c1cccc(C(=O)N2CCC[C@H](C(N)=O)C2)c1)c1ccccc1. The fourth-order valence-corrected chi connectivity index (χ4v) is 4.76. The van der Waals surface area contributed by atoms with Gasteiger partial charge in [-0.25, -0.2) is 13.1 Å². The van der Waals surface area contributed by atoms with Crippen LogP contribution in [0.4, 0.5) is 0 Å². The average molecular weight is 416 g/mol. The molecular weight excluding hydrogens is 390 g/mol. The van der Waals surface area contributed by atoms with E-state index in [1.807, 2.05) is 30.3 Å². The summed E-state index contributed by atoms with van der Waals surface area (Å²) in [5.41, 5.74) is 6.49. The van der Waals surface area contributed by atoms with Crippen LogP contribution in [0.3, 0.4) is 0 Å². The first kappa shape index (κ1) is 21.0. The molecule has 1 saturated heterocycles. The molecule has 0 aromatic heterocycles. The fraction of sp³-hybridized carbons (Fsp3) is 0.333. The first-order valence-electron chi connectivity index (χ1n) is 9.54. The molecule has 2 amide bonds. The Morgan fingerprint density at radius 3 is 2.55 bits per heavy atom. The van der Waals surface area contributed by atoms with E-state index in [0.29, 0.717) is 19.4 Å². The summed E-state index contributed by atoms with van der Waals surface area (Å²) in [5.74, 6) is -1.09. The lowest BCUT2D eigenvalue weighted by Crippen LogP contribution is -2.44. The van der Waals surface area contributed by atoms with E-state index in [1.165, 1.54) is 12.1 Å². The van der Waals surface area contributed by atoms with Gasteiger partial charge in [0.05, 0.1) is 10.8 Å².